The zero-order chi connectivity index (χ0) is 16.0. The standard InChI is InChI=1S/C22H24P.HI/c1-23(17-20-11-5-2-6-12-20,18-21-13-7-3-8-14-21)19-22-15-9-4-10-16-22;/h2-16H,17-19H2,1H3;1H/q+1;. The third-order valence-corrected chi connectivity index (χ3v) is 7.61. The van der Waals surface area contributed by atoms with Crippen molar-refractivity contribution in [2.75, 3.05) is 6.66 Å². The van der Waals surface area contributed by atoms with Crippen molar-refractivity contribution < 1.29 is 0 Å². The number of hydrogen-bond donors (Lipinski definition) is 0. The van der Waals surface area contributed by atoms with Crippen molar-refractivity contribution >= 4 is 31.2 Å². The van der Waals surface area contributed by atoms with E-state index in [1.807, 2.05) is 0 Å². The van der Waals surface area contributed by atoms with Gasteiger partial charge in [-0.2, -0.15) is 0 Å². The van der Waals surface area contributed by atoms with Crippen LogP contribution in [0.5, 0.6) is 0 Å². The van der Waals surface area contributed by atoms with Crippen molar-refractivity contribution in [3.63, 3.8) is 0 Å². The first-order valence-corrected chi connectivity index (χ1v) is 11.0. The molecular formula is C22H25IP+. The molecule has 124 valence electrons. The first-order valence-electron chi connectivity index (χ1n) is 8.19. The molecule has 3 rings (SSSR count). The third kappa shape index (κ3) is 5.72. The second-order valence-electron chi connectivity index (χ2n) is 6.55. The summed E-state index contributed by atoms with van der Waals surface area (Å²) in [7, 11) is -1.14. The molecule has 0 aliphatic heterocycles. The summed E-state index contributed by atoms with van der Waals surface area (Å²) in [5.74, 6) is 0. The Morgan fingerprint density at radius 1 is 0.500 bits per heavy atom. The molecule has 0 nitrogen and oxygen atoms in total. The fourth-order valence-electron chi connectivity index (χ4n) is 3.24. The summed E-state index contributed by atoms with van der Waals surface area (Å²) >= 11 is 0. The van der Waals surface area contributed by atoms with E-state index in [9.17, 15) is 0 Å². The normalized spacial score (nSPS) is 10.9. The molecule has 0 saturated carbocycles. The van der Waals surface area contributed by atoms with Gasteiger partial charge in [0.05, 0.1) is 18.5 Å². The zero-order valence-electron chi connectivity index (χ0n) is 14.1. The maximum absolute atomic E-state index is 2.53. The first kappa shape index (κ1) is 19.1. The molecule has 0 aliphatic rings. The fraction of sp³-hybridized carbons (Fsp3) is 0.182. The SMILES string of the molecule is C[P+](Cc1ccccc1)(Cc1ccccc1)Cc1ccccc1.I. The van der Waals surface area contributed by atoms with E-state index in [1.54, 1.807) is 0 Å². The summed E-state index contributed by atoms with van der Waals surface area (Å²) in [4.78, 5) is 0. The highest BCUT2D eigenvalue weighted by atomic mass is 127. The first-order chi connectivity index (χ1) is 11.2. The minimum atomic E-state index is -1.14. The predicted octanol–water partition coefficient (Wildman–Crippen LogP) is 6.85. The van der Waals surface area contributed by atoms with Gasteiger partial charge in [0.25, 0.3) is 0 Å². The number of rotatable bonds is 6. The van der Waals surface area contributed by atoms with Crippen molar-refractivity contribution in [1.29, 1.82) is 0 Å². The van der Waals surface area contributed by atoms with Crippen LogP contribution in [-0.4, -0.2) is 6.66 Å². The van der Waals surface area contributed by atoms with E-state index >= 15 is 0 Å². The van der Waals surface area contributed by atoms with Gasteiger partial charge in [-0.25, -0.2) is 0 Å². The Labute approximate surface area is 163 Å². The average Bonchev–Trinajstić information content (AvgIpc) is 2.57. The topological polar surface area (TPSA) is 0 Å². The lowest BCUT2D eigenvalue weighted by molar-refractivity contribution is 1.23. The van der Waals surface area contributed by atoms with Crippen LogP contribution < -0.4 is 0 Å². The van der Waals surface area contributed by atoms with Crippen LogP contribution in [0.2, 0.25) is 0 Å². The van der Waals surface area contributed by atoms with Gasteiger partial charge >= 0.3 is 0 Å². The van der Waals surface area contributed by atoms with Gasteiger partial charge in [-0.1, -0.05) is 91.0 Å². The van der Waals surface area contributed by atoms with E-state index < -0.39 is 7.26 Å². The third-order valence-electron chi connectivity index (χ3n) is 4.22. The van der Waals surface area contributed by atoms with E-state index in [0.29, 0.717) is 0 Å². The lowest BCUT2D eigenvalue weighted by atomic mass is 10.2. The lowest BCUT2D eigenvalue weighted by Crippen LogP contribution is -2.03. The van der Waals surface area contributed by atoms with Crippen molar-refractivity contribution in [1.82, 2.24) is 0 Å². The Morgan fingerprint density at radius 2 is 0.750 bits per heavy atom. The minimum Gasteiger partial charge on any atom is -0.107 e. The summed E-state index contributed by atoms with van der Waals surface area (Å²) in [6, 6.07) is 32.9. The zero-order valence-corrected chi connectivity index (χ0v) is 17.4. The maximum atomic E-state index is 2.53. The molecule has 0 aliphatic carbocycles. The molecule has 0 amide bonds. The van der Waals surface area contributed by atoms with Crippen molar-refractivity contribution in [3.05, 3.63) is 108 Å². The van der Waals surface area contributed by atoms with Crippen LogP contribution >= 0.6 is 31.2 Å². The molecule has 3 aromatic rings. The molecule has 0 unspecified atom stereocenters. The fourth-order valence-corrected chi connectivity index (χ4v) is 6.85. The van der Waals surface area contributed by atoms with Crippen molar-refractivity contribution in [2.45, 2.75) is 18.5 Å². The van der Waals surface area contributed by atoms with Gasteiger partial charge in [-0.05, 0) is 16.7 Å². The van der Waals surface area contributed by atoms with Crippen LogP contribution in [0.15, 0.2) is 91.0 Å². The van der Waals surface area contributed by atoms with E-state index in [-0.39, 0.29) is 24.0 Å². The summed E-state index contributed by atoms with van der Waals surface area (Å²) in [6.07, 6.45) is 3.62. The monoisotopic (exact) mass is 447 g/mol. The molecule has 0 radical (unpaired) electrons. The smallest absolute Gasteiger partial charge is 0.0846 e. The molecule has 3 aromatic carbocycles. The Bertz CT molecular complexity index is 609. The van der Waals surface area contributed by atoms with Crippen molar-refractivity contribution in [3.8, 4) is 0 Å². The number of benzene rings is 3. The van der Waals surface area contributed by atoms with E-state index in [2.05, 4.69) is 97.7 Å². The Morgan fingerprint density at radius 3 is 1.00 bits per heavy atom. The highest BCUT2D eigenvalue weighted by Gasteiger charge is 2.32. The molecule has 0 saturated heterocycles. The summed E-state index contributed by atoms with van der Waals surface area (Å²) in [5, 5.41) is 0. The molecule has 0 heterocycles. The van der Waals surface area contributed by atoms with Crippen LogP contribution in [0.1, 0.15) is 16.7 Å². The molecule has 0 N–H and O–H groups in total. The highest BCUT2D eigenvalue weighted by Crippen LogP contribution is 2.63. The van der Waals surface area contributed by atoms with Crippen LogP contribution in [0.4, 0.5) is 0 Å². The van der Waals surface area contributed by atoms with Gasteiger partial charge in [0.1, 0.15) is 0 Å². The highest BCUT2D eigenvalue weighted by molar-refractivity contribution is 14.0. The predicted molar refractivity (Wildman–Crippen MR) is 119 cm³/mol. The summed E-state index contributed by atoms with van der Waals surface area (Å²) < 4.78 is 0. The minimum absolute atomic E-state index is 0. The van der Waals surface area contributed by atoms with Gasteiger partial charge in [-0.3, -0.25) is 0 Å². The quantitative estimate of drug-likeness (QED) is 0.286. The van der Waals surface area contributed by atoms with E-state index in [1.165, 1.54) is 35.2 Å². The molecule has 0 atom stereocenters. The summed E-state index contributed by atoms with van der Waals surface area (Å²) in [5.41, 5.74) is 4.40. The van der Waals surface area contributed by atoms with Crippen LogP contribution in [0, 0.1) is 0 Å². The summed E-state index contributed by atoms with van der Waals surface area (Å²) in [6.45, 7) is 2.53. The van der Waals surface area contributed by atoms with Crippen LogP contribution in [0.25, 0.3) is 0 Å². The van der Waals surface area contributed by atoms with Crippen molar-refractivity contribution in [2.24, 2.45) is 0 Å². The van der Waals surface area contributed by atoms with Gasteiger partial charge in [-0.15, -0.1) is 24.0 Å². The van der Waals surface area contributed by atoms with Gasteiger partial charge < -0.3 is 0 Å². The molecule has 0 spiro atoms. The Hall–Kier alpha value is -1.18. The lowest BCUT2D eigenvalue weighted by Gasteiger charge is -2.24. The van der Waals surface area contributed by atoms with Gasteiger partial charge in [0.2, 0.25) is 0 Å². The number of halogens is 1. The second-order valence-corrected chi connectivity index (χ2v) is 10.7. The molecular weight excluding hydrogens is 422 g/mol. The number of hydrogen-bond acceptors (Lipinski definition) is 0. The maximum Gasteiger partial charge on any atom is 0.0846 e. The van der Waals surface area contributed by atoms with Crippen LogP contribution in [0.3, 0.4) is 0 Å². The van der Waals surface area contributed by atoms with E-state index in [4.69, 9.17) is 0 Å². The van der Waals surface area contributed by atoms with Gasteiger partial charge in [0, 0.05) is 13.9 Å². The van der Waals surface area contributed by atoms with Crippen LogP contribution in [-0.2, 0) is 18.5 Å². The average molecular weight is 447 g/mol. The largest absolute Gasteiger partial charge is 0.107 e. The van der Waals surface area contributed by atoms with E-state index in [0.717, 1.165) is 0 Å². The molecule has 2 heteroatoms. The second kappa shape index (κ2) is 9.34. The molecule has 24 heavy (non-hydrogen) atoms. The Kier molecular flexibility index (Phi) is 7.45. The van der Waals surface area contributed by atoms with Gasteiger partial charge in [0.15, 0.2) is 0 Å². The molecule has 0 fully saturated rings. The Balaban J connectivity index is 0.00000208. The molecule has 0 aromatic heterocycles. The molecule has 0 bridgehead atoms.